The second kappa shape index (κ2) is 33.5. The zero-order valence-electron chi connectivity index (χ0n) is 38.6. The summed E-state index contributed by atoms with van der Waals surface area (Å²) in [4.78, 5) is 70.2. The molecule has 4 rings (SSSR count). The molecule has 0 unspecified atom stereocenters. The van der Waals surface area contributed by atoms with Crippen molar-refractivity contribution >= 4 is 35.6 Å². The van der Waals surface area contributed by atoms with E-state index in [2.05, 4.69) is 12.2 Å². The van der Waals surface area contributed by atoms with Crippen molar-refractivity contribution in [3.8, 4) is 0 Å². The number of carbonyl (C=O) groups excluding carboxylic acids is 6. The number of hydrogen-bond acceptors (Lipinski definition) is 14. The van der Waals surface area contributed by atoms with Crippen LogP contribution in [0.25, 0.3) is 5.32 Å². The van der Waals surface area contributed by atoms with E-state index in [0.717, 1.165) is 13.0 Å². The Morgan fingerprint density at radius 2 is 0.871 bits per heavy atom. The van der Waals surface area contributed by atoms with Gasteiger partial charge in [0.15, 0.2) is 0 Å². The van der Waals surface area contributed by atoms with Gasteiger partial charge in [0.1, 0.15) is 11.2 Å². The summed E-state index contributed by atoms with van der Waals surface area (Å²) < 4.78 is 57.8. The van der Waals surface area contributed by atoms with Gasteiger partial charge in [0, 0.05) is 17.7 Å². The van der Waals surface area contributed by atoms with Gasteiger partial charge in [-0.3, -0.25) is 28.5 Å². The molecule has 0 fully saturated rings. The molecule has 2 heterocycles. The van der Waals surface area contributed by atoms with E-state index in [-0.39, 0.29) is 108 Å². The number of hydrogen-bond donors (Lipinski definition) is 0. The van der Waals surface area contributed by atoms with E-state index in [9.17, 15) is 33.2 Å². The van der Waals surface area contributed by atoms with Crippen molar-refractivity contribution in [3.63, 3.8) is 0 Å². The van der Waals surface area contributed by atoms with Crippen molar-refractivity contribution < 1.29 is 124 Å². The monoisotopic (exact) mass is 903 g/mol. The molecule has 0 atom stereocenters. The number of imide groups is 2. The maximum atomic E-state index is 12.2. The number of nitrogens with zero attached hydrogens (tertiary/aromatic N) is 2. The smallest absolute Gasteiger partial charge is 0.587 e. The summed E-state index contributed by atoms with van der Waals surface area (Å²) in [7, 11) is -1.00. The van der Waals surface area contributed by atoms with E-state index in [1.54, 1.807) is 48.5 Å². The van der Waals surface area contributed by atoms with Crippen LogP contribution in [0, 0.1) is 0 Å². The van der Waals surface area contributed by atoms with E-state index in [0.29, 0.717) is 81.7 Å². The fourth-order valence-corrected chi connectivity index (χ4v) is 4.99. The molecule has 16 nitrogen and oxygen atoms in total. The molecule has 0 aromatic heterocycles. The molecule has 0 N–H and O–H groups in total. The molecule has 2 aromatic rings. The average molecular weight is 904 g/mol. The molecule has 18 heteroatoms. The summed E-state index contributed by atoms with van der Waals surface area (Å²) in [6.07, 6.45) is 1.50. The van der Waals surface area contributed by atoms with Gasteiger partial charge in [-0.15, -0.1) is 0 Å². The maximum absolute atomic E-state index is 12.2. The molecule has 62 heavy (non-hydrogen) atoms. The molecule has 0 spiro atoms. The molecular weight excluding hydrogens is 839 g/mol. The fraction of sp³-hybridized carbons (Fsp3) is 0.591. The van der Waals surface area contributed by atoms with Crippen molar-refractivity contribution in [2.45, 2.75) is 78.9 Å². The van der Waals surface area contributed by atoms with Crippen LogP contribution >= 0.6 is 0 Å². The number of amides is 4. The van der Waals surface area contributed by atoms with Gasteiger partial charge >= 0.3 is 63.3 Å². The van der Waals surface area contributed by atoms with Gasteiger partial charge in [-0.1, -0.05) is 43.3 Å². The molecule has 342 valence electrons. The average Bonchev–Trinajstić information content (AvgIpc) is 3.63. The topological polar surface area (TPSA) is 194 Å². The van der Waals surface area contributed by atoms with Crippen LogP contribution in [0.4, 0.5) is 4.39 Å². The predicted octanol–water partition coefficient (Wildman–Crippen LogP) is 3.19. The Kier molecular flexibility index (Phi) is 30.8. The Morgan fingerprint density at radius 1 is 0.565 bits per heavy atom. The molecular formula is C44H64FKN2O14. The fourth-order valence-electron chi connectivity index (χ4n) is 4.99. The van der Waals surface area contributed by atoms with Gasteiger partial charge in [0.05, 0.1) is 124 Å². The van der Waals surface area contributed by atoms with E-state index in [1.807, 2.05) is 41.5 Å². The Balaban J connectivity index is 0.000000964. The largest absolute Gasteiger partial charge is 1.00 e. The van der Waals surface area contributed by atoms with Gasteiger partial charge in [-0.05, 0) is 60.1 Å². The Labute approximate surface area is 409 Å². The molecule has 0 aliphatic carbocycles. The van der Waals surface area contributed by atoms with Gasteiger partial charge in [0.2, 0.25) is 0 Å². The molecule has 0 saturated heterocycles. The van der Waals surface area contributed by atoms with Crippen LogP contribution in [-0.2, 0) is 47.5 Å². The summed E-state index contributed by atoms with van der Waals surface area (Å²) in [6.45, 7) is 18.6. The van der Waals surface area contributed by atoms with Crippen LogP contribution < -0.4 is 51.4 Å². The summed E-state index contributed by atoms with van der Waals surface area (Å²) in [5.41, 5.74) is 0.785. The number of fused-ring (bicyclic) bond motifs is 2. The number of benzene rings is 2. The third kappa shape index (κ3) is 25.9. The molecule has 0 saturated carbocycles. The maximum Gasteiger partial charge on any atom is 1.00 e. The first-order valence-corrected chi connectivity index (χ1v) is 20.1. The Hall–Kier alpha value is -3.01. The molecule has 4 amide bonds. The first kappa shape index (κ1) is 57.0. The quantitative estimate of drug-likeness (QED) is 0.0683. The zero-order valence-corrected chi connectivity index (χ0v) is 40.8. The van der Waals surface area contributed by atoms with E-state index in [1.165, 1.54) is 4.90 Å². The third-order valence-corrected chi connectivity index (χ3v) is 7.51. The predicted molar refractivity (Wildman–Crippen MR) is 223 cm³/mol. The van der Waals surface area contributed by atoms with Gasteiger partial charge < -0.3 is 52.8 Å². The number of alkyl halides is 1. The van der Waals surface area contributed by atoms with Crippen LogP contribution in [-0.4, -0.2) is 145 Å². The van der Waals surface area contributed by atoms with Gasteiger partial charge in [-0.25, -0.2) is 0 Å². The van der Waals surface area contributed by atoms with Crippen LogP contribution in [0.2, 0.25) is 0 Å². The second-order valence-corrected chi connectivity index (χ2v) is 14.9. The number of rotatable bonds is 23. The Morgan fingerprint density at radius 3 is 1.21 bits per heavy atom. The van der Waals surface area contributed by atoms with Crippen LogP contribution in [0.15, 0.2) is 48.5 Å². The number of esters is 2. The van der Waals surface area contributed by atoms with Gasteiger partial charge in [-0.2, -0.15) is 0 Å². The molecule has 0 bridgehead atoms. The number of carbonyl (C=O) groups is 6. The van der Waals surface area contributed by atoms with E-state index in [4.69, 9.17) is 39.3 Å². The summed E-state index contributed by atoms with van der Waals surface area (Å²) in [5, 5.41) is 3.28. The van der Waals surface area contributed by atoms with E-state index >= 15 is 0 Å². The van der Waals surface area contributed by atoms with Crippen LogP contribution in [0.3, 0.4) is 0 Å². The molecule has 2 aliphatic heterocycles. The van der Waals surface area contributed by atoms with Crippen molar-refractivity contribution in [1.29, 1.82) is 0 Å². The van der Waals surface area contributed by atoms with Gasteiger partial charge in [0.25, 0.3) is 11.8 Å². The van der Waals surface area contributed by atoms with Crippen LogP contribution in [0.1, 0.15) is 111 Å². The Bertz CT molecular complexity index is 1600. The first-order chi connectivity index (χ1) is 29.4. The minimum absolute atomic E-state index is 0. The zero-order chi connectivity index (χ0) is 46.4. The SMILES string of the molecule is CC(C)(C)OC(=O)CCOCCOCCOCCN1C(=O)c2ccccc2C1=O.CCCOCCOCCOCCC(=O)OC(C)(C)C.O=C1[N-]C(=O)c2ccccc21.[2H]CF.[K+]. The standard InChI is InChI=1S/C21H29NO7.C14H28O5.C8H5NO2.CH3F.K/c1-21(2,3)29-18(23)8-10-26-12-14-28-15-13-27-11-9-22-19(24)16-6-4-5-7-17(16)20(22)25;1-5-7-16-9-11-18-12-10-17-8-6-13(15)19-14(2,3)4;10-7-5-3-1-2-4-6(5)8(11)9-7;1-2;/h4-7H,8-15H2,1-3H3;5-12H2,1-4H3;1-4H,(H,9,10,11);1H3;/q;;;;+1/p-1/i;;;1D;. The summed E-state index contributed by atoms with van der Waals surface area (Å²) in [6, 6.07) is 13.4. The van der Waals surface area contributed by atoms with Crippen molar-refractivity contribution in [2.75, 3.05) is 93.0 Å². The first-order valence-electron chi connectivity index (χ1n) is 20.8. The van der Waals surface area contributed by atoms with Crippen molar-refractivity contribution in [3.05, 3.63) is 76.1 Å². The third-order valence-electron chi connectivity index (χ3n) is 7.51. The number of halogens is 1. The minimum atomic E-state index is -1.00. The minimum Gasteiger partial charge on any atom is -0.587 e. The number of ether oxygens (including phenoxy) is 8. The normalized spacial score (nSPS) is 12.8. The molecule has 2 aliphatic rings. The van der Waals surface area contributed by atoms with Crippen LogP contribution in [0.5, 0.6) is 0 Å². The second-order valence-electron chi connectivity index (χ2n) is 14.9. The van der Waals surface area contributed by atoms with E-state index < -0.39 is 30.2 Å². The summed E-state index contributed by atoms with van der Waals surface area (Å²) in [5.74, 6) is -1.94. The van der Waals surface area contributed by atoms with Crippen molar-refractivity contribution in [1.82, 2.24) is 4.90 Å². The molecule has 0 radical (unpaired) electrons. The molecule has 2 aromatic carbocycles. The summed E-state index contributed by atoms with van der Waals surface area (Å²) >= 11 is 0. The van der Waals surface area contributed by atoms with Crippen molar-refractivity contribution in [2.24, 2.45) is 0 Å².